The predicted molar refractivity (Wildman–Crippen MR) is 81.1 cm³/mol. The molecule has 0 aliphatic heterocycles. The van der Waals surface area contributed by atoms with Gasteiger partial charge in [0.15, 0.2) is 0 Å². The average molecular weight is 386 g/mol. The Morgan fingerprint density at radius 3 is 2.71 bits per heavy atom. The fraction of sp³-hybridized carbons (Fsp3) is 0.417. The van der Waals surface area contributed by atoms with Gasteiger partial charge in [0.05, 0.1) is 5.02 Å². The molecule has 5 heteroatoms. The first-order chi connectivity index (χ1) is 8.10. The number of carbonyl (C=O) groups excluding carboxylic acids is 1. The van der Waals surface area contributed by atoms with Gasteiger partial charge in [0.25, 0.3) is 5.91 Å². The van der Waals surface area contributed by atoms with Crippen molar-refractivity contribution in [3.05, 3.63) is 32.4 Å². The quantitative estimate of drug-likeness (QED) is 0.553. The summed E-state index contributed by atoms with van der Waals surface area (Å²) in [5.41, 5.74) is 0.631. The topological polar surface area (TPSA) is 20.3 Å². The number of carbonyl (C=O) groups is 1. The van der Waals surface area contributed by atoms with Crippen LogP contribution in [0.15, 0.2) is 18.2 Å². The Hall–Kier alpha value is -0.0000000000000000555. The molecule has 17 heavy (non-hydrogen) atoms. The van der Waals surface area contributed by atoms with Crippen molar-refractivity contribution in [2.24, 2.45) is 0 Å². The molecular formula is C12H14Cl2INO. The predicted octanol–water partition coefficient (Wildman–Crippen LogP) is 4.04. The summed E-state index contributed by atoms with van der Waals surface area (Å²) < 4.78 is 0.949. The van der Waals surface area contributed by atoms with Gasteiger partial charge in [-0.25, -0.2) is 0 Å². The Morgan fingerprint density at radius 1 is 1.47 bits per heavy atom. The molecule has 1 aromatic rings. The van der Waals surface area contributed by atoms with Crippen molar-refractivity contribution in [1.29, 1.82) is 0 Å². The first-order valence-electron chi connectivity index (χ1n) is 5.40. The molecule has 0 bridgehead atoms. The lowest BCUT2D eigenvalue weighted by Crippen LogP contribution is -2.32. The summed E-state index contributed by atoms with van der Waals surface area (Å²) in [4.78, 5) is 13.9. The second-order valence-electron chi connectivity index (χ2n) is 3.56. The van der Waals surface area contributed by atoms with Gasteiger partial charge in [0.2, 0.25) is 0 Å². The number of nitrogens with zero attached hydrogens (tertiary/aromatic N) is 1. The third-order valence-electron chi connectivity index (χ3n) is 2.40. The van der Waals surface area contributed by atoms with E-state index in [0.29, 0.717) is 29.6 Å². The van der Waals surface area contributed by atoms with E-state index < -0.39 is 0 Å². The zero-order valence-electron chi connectivity index (χ0n) is 9.55. The Kier molecular flexibility index (Phi) is 6.59. The fourth-order valence-corrected chi connectivity index (χ4v) is 2.10. The van der Waals surface area contributed by atoms with E-state index in [1.807, 2.05) is 13.0 Å². The van der Waals surface area contributed by atoms with E-state index in [4.69, 9.17) is 23.2 Å². The minimum absolute atomic E-state index is 0.0101. The molecule has 0 unspecified atom stereocenters. The standard InChI is InChI=1S/C12H14Cl2INO/c1-2-16(7-3-6-13)12(17)9-4-5-11(15)10(14)8-9/h4-5,8H,2-3,6-7H2,1H3. The number of alkyl halides is 1. The largest absolute Gasteiger partial charge is 0.339 e. The lowest BCUT2D eigenvalue weighted by atomic mass is 10.2. The summed E-state index contributed by atoms with van der Waals surface area (Å²) >= 11 is 13.8. The second-order valence-corrected chi connectivity index (χ2v) is 5.50. The van der Waals surface area contributed by atoms with Crippen LogP contribution in [0.25, 0.3) is 0 Å². The molecule has 94 valence electrons. The van der Waals surface area contributed by atoms with E-state index in [-0.39, 0.29) is 5.91 Å². The molecule has 0 aliphatic rings. The number of rotatable bonds is 5. The molecule has 0 atom stereocenters. The zero-order chi connectivity index (χ0) is 12.8. The Morgan fingerprint density at radius 2 is 2.18 bits per heavy atom. The number of halogens is 3. The van der Waals surface area contributed by atoms with E-state index in [0.717, 1.165) is 9.99 Å². The number of hydrogen-bond acceptors (Lipinski definition) is 1. The van der Waals surface area contributed by atoms with Crippen LogP contribution in [0.1, 0.15) is 23.7 Å². The van der Waals surface area contributed by atoms with Crippen LogP contribution in [0.3, 0.4) is 0 Å². The summed E-state index contributed by atoms with van der Waals surface area (Å²) in [7, 11) is 0. The first-order valence-corrected chi connectivity index (χ1v) is 7.39. The summed E-state index contributed by atoms with van der Waals surface area (Å²) in [5.74, 6) is 0.577. The molecule has 0 aliphatic carbocycles. The SMILES string of the molecule is CCN(CCCCl)C(=O)c1ccc(I)c(Cl)c1. The van der Waals surface area contributed by atoms with Crippen LogP contribution in [0.2, 0.25) is 5.02 Å². The van der Waals surface area contributed by atoms with Gasteiger partial charge >= 0.3 is 0 Å². The zero-order valence-corrected chi connectivity index (χ0v) is 13.2. The minimum atomic E-state index is 0.0101. The highest BCUT2D eigenvalue weighted by molar-refractivity contribution is 14.1. The molecule has 2 nitrogen and oxygen atoms in total. The van der Waals surface area contributed by atoms with Crippen molar-refractivity contribution in [3.8, 4) is 0 Å². The molecule has 1 rings (SSSR count). The van der Waals surface area contributed by atoms with Crippen molar-refractivity contribution >= 4 is 51.7 Å². The van der Waals surface area contributed by atoms with Crippen molar-refractivity contribution in [2.45, 2.75) is 13.3 Å². The van der Waals surface area contributed by atoms with Gasteiger partial charge in [-0.15, -0.1) is 11.6 Å². The monoisotopic (exact) mass is 385 g/mol. The second kappa shape index (κ2) is 7.44. The third-order valence-corrected chi connectivity index (χ3v) is 4.24. The lowest BCUT2D eigenvalue weighted by molar-refractivity contribution is 0.0765. The van der Waals surface area contributed by atoms with E-state index in [1.165, 1.54) is 0 Å². The van der Waals surface area contributed by atoms with Gasteiger partial charge in [-0.2, -0.15) is 0 Å². The van der Waals surface area contributed by atoms with Crippen molar-refractivity contribution in [2.75, 3.05) is 19.0 Å². The van der Waals surface area contributed by atoms with Crippen molar-refractivity contribution in [1.82, 2.24) is 4.90 Å². The highest BCUT2D eigenvalue weighted by Crippen LogP contribution is 2.20. The van der Waals surface area contributed by atoms with Gasteiger partial charge in [-0.05, 0) is 54.1 Å². The van der Waals surface area contributed by atoms with E-state index in [1.54, 1.807) is 17.0 Å². The number of benzene rings is 1. The molecule has 0 saturated carbocycles. The van der Waals surface area contributed by atoms with Crippen LogP contribution in [-0.4, -0.2) is 29.8 Å². The van der Waals surface area contributed by atoms with E-state index >= 15 is 0 Å². The van der Waals surface area contributed by atoms with Crippen LogP contribution >= 0.6 is 45.8 Å². The summed E-state index contributed by atoms with van der Waals surface area (Å²) in [6.45, 7) is 3.32. The van der Waals surface area contributed by atoms with Crippen LogP contribution in [-0.2, 0) is 0 Å². The molecule has 0 spiro atoms. The van der Waals surface area contributed by atoms with Crippen molar-refractivity contribution in [3.63, 3.8) is 0 Å². The number of amides is 1. The molecule has 0 N–H and O–H groups in total. The van der Waals surface area contributed by atoms with Crippen LogP contribution in [0.5, 0.6) is 0 Å². The molecule has 0 fully saturated rings. The average Bonchev–Trinajstić information content (AvgIpc) is 2.33. The first kappa shape index (κ1) is 15.1. The Balaban J connectivity index is 2.82. The van der Waals surface area contributed by atoms with Crippen LogP contribution in [0.4, 0.5) is 0 Å². The normalized spacial score (nSPS) is 10.4. The summed E-state index contributed by atoms with van der Waals surface area (Å²) in [6, 6.07) is 5.37. The Labute approximate surface area is 125 Å². The minimum Gasteiger partial charge on any atom is -0.339 e. The van der Waals surface area contributed by atoms with Gasteiger partial charge in [-0.3, -0.25) is 4.79 Å². The molecule has 0 saturated heterocycles. The van der Waals surface area contributed by atoms with Crippen LogP contribution < -0.4 is 0 Å². The van der Waals surface area contributed by atoms with E-state index in [9.17, 15) is 4.79 Å². The maximum atomic E-state index is 12.2. The van der Waals surface area contributed by atoms with Gasteiger partial charge in [0, 0.05) is 28.1 Å². The van der Waals surface area contributed by atoms with Crippen LogP contribution in [0, 0.1) is 3.57 Å². The fourth-order valence-electron chi connectivity index (χ4n) is 1.47. The lowest BCUT2D eigenvalue weighted by Gasteiger charge is -2.20. The molecular weight excluding hydrogens is 372 g/mol. The Bertz CT molecular complexity index is 398. The molecule has 0 radical (unpaired) electrons. The van der Waals surface area contributed by atoms with Gasteiger partial charge < -0.3 is 4.90 Å². The van der Waals surface area contributed by atoms with Crippen molar-refractivity contribution < 1.29 is 4.79 Å². The van der Waals surface area contributed by atoms with E-state index in [2.05, 4.69) is 22.6 Å². The summed E-state index contributed by atoms with van der Waals surface area (Å²) in [5, 5.41) is 0.616. The molecule has 0 aromatic heterocycles. The number of hydrogen-bond donors (Lipinski definition) is 0. The maximum Gasteiger partial charge on any atom is 0.253 e. The summed E-state index contributed by atoms with van der Waals surface area (Å²) in [6.07, 6.45) is 0.805. The smallest absolute Gasteiger partial charge is 0.253 e. The highest BCUT2D eigenvalue weighted by Gasteiger charge is 2.14. The maximum absolute atomic E-state index is 12.2. The molecule has 1 amide bonds. The van der Waals surface area contributed by atoms with Gasteiger partial charge in [-0.1, -0.05) is 11.6 Å². The third kappa shape index (κ3) is 4.30. The molecule has 1 aromatic carbocycles. The highest BCUT2D eigenvalue weighted by atomic mass is 127. The van der Waals surface area contributed by atoms with Gasteiger partial charge in [0.1, 0.15) is 0 Å². The molecule has 0 heterocycles.